The second-order valence-electron chi connectivity index (χ2n) is 7.35. The minimum Gasteiger partial charge on any atom is -0.493 e. The molecule has 1 N–H and O–H groups in total. The molecule has 1 aliphatic carbocycles. The lowest BCUT2D eigenvalue weighted by molar-refractivity contribution is 0.324. The van der Waals surface area contributed by atoms with Crippen molar-refractivity contribution in [2.45, 2.75) is 58.9 Å². The average Bonchev–Trinajstić information content (AvgIpc) is 2.83. The minimum atomic E-state index is 0.727. The minimum absolute atomic E-state index is 0.727. The van der Waals surface area contributed by atoms with Crippen LogP contribution in [0.1, 0.15) is 57.9 Å². The molecule has 1 aromatic rings. The van der Waals surface area contributed by atoms with Crippen LogP contribution in [0.5, 0.6) is 5.75 Å². The van der Waals surface area contributed by atoms with Gasteiger partial charge in [0.1, 0.15) is 5.75 Å². The summed E-state index contributed by atoms with van der Waals surface area (Å²) in [7, 11) is 0. The molecule has 0 aliphatic heterocycles. The van der Waals surface area contributed by atoms with Gasteiger partial charge < -0.3 is 10.1 Å². The number of benzene rings is 1. The summed E-state index contributed by atoms with van der Waals surface area (Å²) in [6.07, 6.45) is 16.2. The predicted octanol–water partition coefficient (Wildman–Crippen LogP) is 5.89. The second kappa shape index (κ2) is 11.9. The van der Waals surface area contributed by atoms with Crippen molar-refractivity contribution in [1.29, 1.82) is 0 Å². The van der Waals surface area contributed by atoms with Crippen LogP contribution in [0.25, 0.3) is 0 Å². The molecule has 0 bridgehead atoms. The van der Waals surface area contributed by atoms with Crippen molar-refractivity contribution in [3.8, 4) is 5.75 Å². The van der Waals surface area contributed by atoms with Crippen LogP contribution in [-0.2, 0) is 6.54 Å². The van der Waals surface area contributed by atoms with Crippen LogP contribution in [0.3, 0.4) is 0 Å². The van der Waals surface area contributed by atoms with Crippen molar-refractivity contribution in [2.24, 2.45) is 11.8 Å². The number of hydrogen-bond donors (Lipinski definition) is 1. The summed E-state index contributed by atoms with van der Waals surface area (Å²) in [6, 6.07) is 8.49. The number of hydrogen-bond acceptors (Lipinski definition) is 2. The van der Waals surface area contributed by atoms with Crippen LogP contribution in [0.15, 0.2) is 48.6 Å². The predicted molar refractivity (Wildman–Crippen MR) is 108 cm³/mol. The van der Waals surface area contributed by atoms with Crippen LogP contribution in [0.2, 0.25) is 0 Å². The van der Waals surface area contributed by atoms with E-state index in [2.05, 4.69) is 42.6 Å². The zero-order chi connectivity index (χ0) is 17.7. The molecule has 1 aromatic carbocycles. The van der Waals surface area contributed by atoms with E-state index in [9.17, 15) is 0 Å². The van der Waals surface area contributed by atoms with E-state index in [0.717, 1.165) is 43.7 Å². The Hall–Kier alpha value is -1.54. The number of ether oxygens (including phenoxy) is 1. The Morgan fingerprint density at radius 3 is 2.96 bits per heavy atom. The third kappa shape index (κ3) is 8.40. The molecule has 0 saturated heterocycles. The molecular formula is C23H35NO. The van der Waals surface area contributed by atoms with Crippen LogP contribution < -0.4 is 10.1 Å². The van der Waals surface area contributed by atoms with Crippen molar-refractivity contribution in [3.63, 3.8) is 0 Å². The third-order valence-corrected chi connectivity index (χ3v) is 5.03. The summed E-state index contributed by atoms with van der Waals surface area (Å²) in [6.45, 7) is 7.23. The average molecular weight is 342 g/mol. The van der Waals surface area contributed by atoms with E-state index in [-0.39, 0.29) is 0 Å². The van der Waals surface area contributed by atoms with Crippen LogP contribution >= 0.6 is 0 Å². The molecule has 0 amide bonds. The van der Waals surface area contributed by atoms with Gasteiger partial charge in [0.15, 0.2) is 0 Å². The first kappa shape index (κ1) is 19.8. The van der Waals surface area contributed by atoms with Crippen LogP contribution in [0.4, 0.5) is 0 Å². The molecule has 1 fully saturated rings. The maximum atomic E-state index is 5.85. The van der Waals surface area contributed by atoms with Crippen molar-refractivity contribution in [1.82, 2.24) is 5.32 Å². The van der Waals surface area contributed by atoms with E-state index in [1.54, 1.807) is 0 Å². The molecule has 1 unspecified atom stereocenters. The molecule has 2 rings (SSSR count). The summed E-state index contributed by atoms with van der Waals surface area (Å²) in [4.78, 5) is 0. The number of allylic oxidation sites excluding steroid dienone is 3. The lowest BCUT2D eigenvalue weighted by Gasteiger charge is -2.15. The quantitative estimate of drug-likeness (QED) is 0.343. The van der Waals surface area contributed by atoms with Crippen LogP contribution in [-0.4, -0.2) is 13.2 Å². The Bertz CT molecular complexity index is 535. The Balaban J connectivity index is 1.68. The highest BCUT2D eigenvalue weighted by Crippen LogP contribution is 2.26. The van der Waals surface area contributed by atoms with Gasteiger partial charge in [-0.2, -0.15) is 0 Å². The number of nitrogens with one attached hydrogen (secondary N) is 1. The summed E-state index contributed by atoms with van der Waals surface area (Å²) in [5.41, 5.74) is 1.31. The maximum Gasteiger partial charge on any atom is 0.119 e. The Morgan fingerprint density at radius 2 is 2.08 bits per heavy atom. The van der Waals surface area contributed by atoms with E-state index >= 15 is 0 Å². The van der Waals surface area contributed by atoms with Gasteiger partial charge in [-0.25, -0.2) is 0 Å². The van der Waals surface area contributed by atoms with Gasteiger partial charge in [0.25, 0.3) is 0 Å². The van der Waals surface area contributed by atoms with Gasteiger partial charge in [0.05, 0.1) is 6.61 Å². The molecule has 1 saturated carbocycles. The molecule has 138 valence electrons. The van der Waals surface area contributed by atoms with Gasteiger partial charge in [0.2, 0.25) is 0 Å². The Labute approximate surface area is 154 Å². The monoisotopic (exact) mass is 341 g/mol. The SMILES string of the molecule is C/C=C\C=C/CCOc1cccc(CNCC2CCC[C@@H](C)CC2)c1. The maximum absolute atomic E-state index is 5.85. The zero-order valence-corrected chi connectivity index (χ0v) is 16.0. The van der Waals surface area contributed by atoms with Gasteiger partial charge in [-0.05, 0) is 62.3 Å². The molecule has 2 nitrogen and oxygen atoms in total. The summed E-state index contributed by atoms with van der Waals surface area (Å²) < 4.78 is 5.85. The first-order valence-electron chi connectivity index (χ1n) is 9.98. The lowest BCUT2D eigenvalue weighted by Crippen LogP contribution is -2.22. The zero-order valence-electron chi connectivity index (χ0n) is 16.0. The molecule has 2 heteroatoms. The van der Waals surface area contributed by atoms with Crippen molar-refractivity contribution < 1.29 is 4.74 Å². The lowest BCUT2D eigenvalue weighted by atomic mass is 9.99. The highest BCUT2D eigenvalue weighted by atomic mass is 16.5. The van der Waals surface area contributed by atoms with Gasteiger partial charge in [-0.1, -0.05) is 62.6 Å². The fourth-order valence-electron chi connectivity index (χ4n) is 3.46. The van der Waals surface area contributed by atoms with Crippen molar-refractivity contribution in [3.05, 3.63) is 54.1 Å². The van der Waals surface area contributed by atoms with E-state index in [1.807, 2.05) is 25.1 Å². The molecule has 0 spiro atoms. The van der Waals surface area contributed by atoms with Crippen molar-refractivity contribution in [2.75, 3.05) is 13.2 Å². The standard InChI is InChI=1S/C23H35NO/c1-3-4-5-6-7-16-25-23-13-9-12-22(17-23)19-24-18-21-11-8-10-20(2)14-15-21/h3-6,9,12-13,17,20-21,24H,7-8,10-11,14-16,18-19H2,1-2H3/b4-3-,6-5-/t20-,21?/m1/s1. The first-order chi connectivity index (χ1) is 12.3. The van der Waals surface area contributed by atoms with Crippen LogP contribution in [0, 0.1) is 11.8 Å². The van der Waals surface area contributed by atoms with E-state index < -0.39 is 0 Å². The van der Waals surface area contributed by atoms with E-state index in [1.165, 1.54) is 37.7 Å². The van der Waals surface area contributed by atoms with Crippen molar-refractivity contribution >= 4 is 0 Å². The second-order valence-corrected chi connectivity index (χ2v) is 7.35. The fourth-order valence-corrected chi connectivity index (χ4v) is 3.46. The van der Waals surface area contributed by atoms with E-state index in [0.29, 0.717) is 0 Å². The van der Waals surface area contributed by atoms with Gasteiger partial charge in [-0.3, -0.25) is 0 Å². The summed E-state index contributed by atoms with van der Waals surface area (Å²) in [5, 5.41) is 3.66. The summed E-state index contributed by atoms with van der Waals surface area (Å²) >= 11 is 0. The fraction of sp³-hybridized carbons (Fsp3) is 0.565. The van der Waals surface area contributed by atoms with E-state index in [4.69, 9.17) is 4.74 Å². The van der Waals surface area contributed by atoms with Gasteiger partial charge >= 0.3 is 0 Å². The third-order valence-electron chi connectivity index (χ3n) is 5.03. The Morgan fingerprint density at radius 1 is 1.16 bits per heavy atom. The van der Waals surface area contributed by atoms with Gasteiger partial charge in [-0.15, -0.1) is 0 Å². The first-order valence-corrected chi connectivity index (χ1v) is 9.98. The largest absolute Gasteiger partial charge is 0.493 e. The molecule has 1 aliphatic rings. The smallest absolute Gasteiger partial charge is 0.119 e. The molecule has 2 atom stereocenters. The normalized spacial score (nSPS) is 21.7. The molecule has 25 heavy (non-hydrogen) atoms. The molecule has 0 heterocycles. The number of rotatable bonds is 9. The highest BCUT2D eigenvalue weighted by molar-refractivity contribution is 5.28. The molecule has 0 aromatic heterocycles. The molecular weight excluding hydrogens is 306 g/mol. The highest BCUT2D eigenvalue weighted by Gasteiger charge is 2.15. The molecule has 0 radical (unpaired) electrons. The Kier molecular flexibility index (Phi) is 9.43. The topological polar surface area (TPSA) is 21.3 Å². The van der Waals surface area contributed by atoms with Gasteiger partial charge in [0, 0.05) is 6.54 Å². The summed E-state index contributed by atoms with van der Waals surface area (Å²) in [5.74, 6) is 2.75.